The average molecular weight is 404 g/mol. The number of aryl methyl sites for hydroxylation is 2. The summed E-state index contributed by atoms with van der Waals surface area (Å²) in [5.74, 6) is 0.548. The maximum Gasteiger partial charge on any atom is 0.261 e. The van der Waals surface area contributed by atoms with Gasteiger partial charge in [0.05, 0.1) is 21.6 Å². The van der Waals surface area contributed by atoms with Crippen molar-refractivity contribution in [1.29, 1.82) is 0 Å². The number of hydrogen-bond donors (Lipinski definition) is 1. The highest BCUT2D eigenvalue weighted by atomic mass is 35.5. The van der Waals surface area contributed by atoms with Gasteiger partial charge >= 0.3 is 0 Å². The van der Waals surface area contributed by atoms with E-state index in [1.54, 1.807) is 6.20 Å². The summed E-state index contributed by atoms with van der Waals surface area (Å²) in [6.07, 6.45) is 1.75. The van der Waals surface area contributed by atoms with Gasteiger partial charge in [-0.3, -0.25) is 9.48 Å². The van der Waals surface area contributed by atoms with Gasteiger partial charge in [-0.2, -0.15) is 5.10 Å². The Kier molecular flexibility index (Phi) is 6.19. The Morgan fingerprint density at radius 1 is 1.37 bits per heavy atom. The van der Waals surface area contributed by atoms with Crippen molar-refractivity contribution in [3.05, 3.63) is 68.6 Å². The Balaban J connectivity index is 1.61. The van der Waals surface area contributed by atoms with Crippen LogP contribution < -0.4 is 10.1 Å². The van der Waals surface area contributed by atoms with Crippen molar-refractivity contribution < 1.29 is 9.53 Å². The molecule has 27 heavy (non-hydrogen) atoms. The molecule has 1 unspecified atom stereocenters. The molecule has 0 saturated heterocycles. The van der Waals surface area contributed by atoms with E-state index in [2.05, 4.69) is 10.4 Å². The molecule has 2 heterocycles. The number of thiophene rings is 1. The number of benzene rings is 1. The number of carbonyl (C=O) groups excluding carboxylic acids is 1. The lowest BCUT2D eigenvalue weighted by molar-refractivity contribution is 0.0942. The molecular formula is C20H22ClN3O2S. The zero-order chi connectivity index (χ0) is 19.4. The second-order valence-corrected chi connectivity index (χ2v) is 7.63. The molecule has 7 heteroatoms. The molecular weight excluding hydrogens is 382 g/mol. The van der Waals surface area contributed by atoms with Crippen LogP contribution >= 0.6 is 22.9 Å². The minimum Gasteiger partial charge on any atom is -0.487 e. The van der Waals surface area contributed by atoms with E-state index in [0.29, 0.717) is 22.3 Å². The molecule has 0 saturated carbocycles. The van der Waals surface area contributed by atoms with Crippen LogP contribution in [0.3, 0.4) is 0 Å². The fourth-order valence-electron chi connectivity index (χ4n) is 2.77. The highest BCUT2D eigenvalue weighted by Crippen LogP contribution is 2.27. The number of nitrogens with one attached hydrogen (secondary N) is 1. The molecule has 3 rings (SSSR count). The van der Waals surface area contributed by atoms with Crippen molar-refractivity contribution in [3.63, 3.8) is 0 Å². The van der Waals surface area contributed by atoms with E-state index in [0.717, 1.165) is 23.4 Å². The molecule has 0 radical (unpaired) electrons. The first-order valence-corrected chi connectivity index (χ1v) is 10.0. The van der Waals surface area contributed by atoms with Crippen molar-refractivity contribution >= 4 is 28.8 Å². The molecule has 0 aliphatic heterocycles. The van der Waals surface area contributed by atoms with Crippen LogP contribution in [0.5, 0.6) is 5.75 Å². The lowest BCUT2D eigenvalue weighted by Gasteiger charge is -2.14. The smallest absolute Gasteiger partial charge is 0.261 e. The van der Waals surface area contributed by atoms with Gasteiger partial charge in [0.2, 0.25) is 0 Å². The summed E-state index contributed by atoms with van der Waals surface area (Å²) in [4.78, 5) is 13.2. The van der Waals surface area contributed by atoms with Crippen LogP contribution in [0.4, 0.5) is 0 Å². The first-order chi connectivity index (χ1) is 13.0. The molecule has 0 bridgehead atoms. The zero-order valence-corrected chi connectivity index (χ0v) is 17.1. The quantitative estimate of drug-likeness (QED) is 0.604. The molecule has 1 amide bonds. The largest absolute Gasteiger partial charge is 0.487 e. The summed E-state index contributed by atoms with van der Waals surface area (Å²) < 4.78 is 7.68. The van der Waals surface area contributed by atoms with Crippen LogP contribution in [0.1, 0.15) is 46.4 Å². The third kappa shape index (κ3) is 4.70. The highest BCUT2D eigenvalue weighted by Gasteiger charge is 2.16. The van der Waals surface area contributed by atoms with Crippen molar-refractivity contribution in [2.75, 3.05) is 0 Å². The molecule has 1 aromatic carbocycles. The third-order valence-electron chi connectivity index (χ3n) is 4.20. The van der Waals surface area contributed by atoms with Crippen LogP contribution in [0.2, 0.25) is 5.02 Å². The van der Waals surface area contributed by atoms with Crippen molar-refractivity contribution in [1.82, 2.24) is 15.1 Å². The summed E-state index contributed by atoms with van der Waals surface area (Å²) in [6.45, 7) is 7.10. The number of carbonyl (C=O) groups is 1. The Morgan fingerprint density at radius 3 is 2.96 bits per heavy atom. The fraction of sp³-hybridized carbons (Fsp3) is 0.300. The Labute approximate surface area is 167 Å². The van der Waals surface area contributed by atoms with Gasteiger partial charge in [-0.1, -0.05) is 17.7 Å². The molecule has 0 fully saturated rings. The van der Waals surface area contributed by atoms with Crippen molar-refractivity contribution in [2.24, 2.45) is 0 Å². The van der Waals surface area contributed by atoms with Gasteiger partial charge in [-0.25, -0.2) is 0 Å². The second kappa shape index (κ2) is 8.59. The highest BCUT2D eigenvalue weighted by molar-refractivity contribution is 7.12. The number of ether oxygens (including phenoxy) is 1. The third-order valence-corrected chi connectivity index (χ3v) is 5.49. The zero-order valence-electron chi connectivity index (χ0n) is 15.5. The minimum atomic E-state index is -0.118. The monoisotopic (exact) mass is 403 g/mol. The van der Waals surface area contributed by atoms with Gasteiger partial charge in [0.15, 0.2) is 0 Å². The van der Waals surface area contributed by atoms with E-state index in [4.69, 9.17) is 16.3 Å². The maximum atomic E-state index is 12.5. The van der Waals surface area contributed by atoms with Gasteiger partial charge in [-0.15, -0.1) is 11.3 Å². The maximum absolute atomic E-state index is 12.5. The molecule has 1 atom stereocenters. The summed E-state index contributed by atoms with van der Waals surface area (Å²) in [5, 5.41) is 9.78. The van der Waals surface area contributed by atoms with E-state index < -0.39 is 0 Å². The van der Waals surface area contributed by atoms with Gasteiger partial charge in [-0.05, 0) is 56.0 Å². The van der Waals surface area contributed by atoms with Crippen molar-refractivity contribution in [2.45, 2.75) is 40.0 Å². The normalized spacial score (nSPS) is 12.0. The molecule has 142 valence electrons. The van der Waals surface area contributed by atoms with Gasteiger partial charge in [0.25, 0.3) is 5.91 Å². The Bertz CT molecular complexity index is 935. The van der Waals surface area contributed by atoms with Crippen LogP contribution in [-0.2, 0) is 13.2 Å². The molecule has 0 aliphatic carbocycles. The fourth-order valence-corrected chi connectivity index (χ4v) is 3.74. The van der Waals surface area contributed by atoms with Crippen LogP contribution in [-0.4, -0.2) is 15.7 Å². The molecule has 3 aromatic rings. The molecule has 1 N–H and O–H groups in total. The van der Waals surface area contributed by atoms with Crippen LogP contribution in [0.25, 0.3) is 0 Å². The number of hydrogen-bond acceptors (Lipinski definition) is 4. The van der Waals surface area contributed by atoms with Gasteiger partial charge in [0.1, 0.15) is 12.4 Å². The first-order valence-electron chi connectivity index (χ1n) is 8.77. The van der Waals surface area contributed by atoms with Crippen LogP contribution in [0, 0.1) is 6.92 Å². The topological polar surface area (TPSA) is 56.2 Å². The van der Waals surface area contributed by atoms with Gasteiger partial charge in [0, 0.05) is 18.3 Å². The SMILES string of the molecule is CCn1nccc1C(C)NC(=O)c1cc(COc2cc(C)ccc2Cl)cs1. The molecule has 0 spiro atoms. The van der Waals surface area contributed by atoms with E-state index >= 15 is 0 Å². The second-order valence-electron chi connectivity index (χ2n) is 6.31. The van der Waals surface area contributed by atoms with E-state index in [9.17, 15) is 4.79 Å². The summed E-state index contributed by atoms with van der Waals surface area (Å²) >= 11 is 7.56. The lowest BCUT2D eigenvalue weighted by Crippen LogP contribution is -2.27. The van der Waals surface area contributed by atoms with Gasteiger partial charge < -0.3 is 10.1 Å². The van der Waals surface area contributed by atoms with Crippen molar-refractivity contribution in [3.8, 4) is 5.75 Å². The predicted octanol–water partition coefficient (Wildman–Crippen LogP) is 5.00. The Hall–Kier alpha value is -2.31. The minimum absolute atomic E-state index is 0.101. The summed E-state index contributed by atoms with van der Waals surface area (Å²) in [6, 6.07) is 9.32. The van der Waals surface area contributed by atoms with Crippen LogP contribution in [0.15, 0.2) is 41.9 Å². The van der Waals surface area contributed by atoms with E-state index in [1.807, 2.05) is 61.2 Å². The average Bonchev–Trinajstić information content (AvgIpc) is 3.31. The standard InChI is InChI=1S/C20H22ClN3O2S/c1-4-24-17(7-8-22-24)14(3)23-20(25)19-10-15(12-27-19)11-26-18-9-13(2)5-6-16(18)21/h5-10,12,14H,4,11H2,1-3H3,(H,23,25). The summed E-state index contributed by atoms with van der Waals surface area (Å²) in [7, 11) is 0. The molecule has 0 aliphatic rings. The lowest BCUT2D eigenvalue weighted by atomic mass is 10.2. The number of nitrogens with zero attached hydrogens (tertiary/aromatic N) is 2. The number of halogens is 1. The number of amides is 1. The van der Waals surface area contributed by atoms with E-state index in [-0.39, 0.29) is 11.9 Å². The Morgan fingerprint density at radius 2 is 2.19 bits per heavy atom. The number of rotatable bonds is 7. The number of aromatic nitrogens is 2. The molecule has 5 nitrogen and oxygen atoms in total. The molecule has 2 aromatic heterocycles. The summed E-state index contributed by atoms with van der Waals surface area (Å²) in [5.41, 5.74) is 3.01. The van der Waals surface area contributed by atoms with E-state index in [1.165, 1.54) is 11.3 Å². The predicted molar refractivity (Wildman–Crippen MR) is 109 cm³/mol. The first kappa shape index (κ1) is 19.5.